The van der Waals surface area contributed by atoms with Crippen molar-refractivity contribution in [3.63, 3.8) is 0 Å². The fourth-order valence-corrected chi connectivity index (χ4v) is 7.32. The SMILES string of the molecule is CC(C)(C)c1cc(-c2nnc(C(F)(F)F)c3cc4ccccc4cc23)[c-]c2cc3ccsc3cc12.CCC(CC)C(=O)/C=C(\O)C(CC)CC.[Ir]. The van der Waals surface area contributed by atoms with Crippen molar-refractivity contribution in [2.75, 3.05) is 0 Å². The van der Waals surface area contributed by atoms with Crippen LogP contribution in [0, 0.1) is 17.9 Å². The van der Waals surface area contributed by atoms with E-state index in [1.165, 1.54) is 10.8 Å². The number of thiophene rings is 1. The molecule has 6 aromatic rings. The van der Waals surface area contributed by atoms with E-state index in [0.717, 1.165) is 58.2 Å². The van der Waals surface area contributed by atoms with E-state index in [4.69, 9.17) is 0 Å². The number of aliphatic hydroxyl groups is 1. The minimum absolute atomic E-state index is 0. The van der Waals surface area contributed by atoms with Gasteiger partial charge in [0.1, 0.15) is 0 Å². The van der Waals surface area contributed by atoms with E-state index in [-0.39, 0.29) is 54.3 Å². The molecule has 0 amide bonds. The molecule has 1 radical (unpaired) electrons. The summed E-state index contributed by atoms with van der Waals surface area (Å²) in [5, 5.41) is 24.8. The molecule has 0 saturated carbocycles. The summed E-state index contributed by atoms with van der Waals surface area (Å²) in [6.07, 6.45) is 0.296. The fraction of sp³-hybridized carbons (Fsp3) is 0.357. The quantitative estimate of drug-likeness (QED) is 0.0716. The monoisotopic (exact) mass is 890 g/mol. The van der Waals surface area contributed by atoms with Crippen molar-refractivity contribution in [1.29, 1.82) is 0 Å². The molecule has 271 valence electrons. The number of halogens is 3. The molecule has 2 aromatic heterocycles. The number of fused-ring (bicyclic) bond motifs is 4. The van der Waals surface area contributed by atoms with Gasteiger partial charge >= 0.3 is 6.18 Å². The number of carbonyl (C=O) groups is 1. The molecule has 9 heteroatoms. The first kappa shape index (κ1) is 40.1. The third-order valence-corrected chi connectivity index (χ3v) is 10.4. The number of rotatable bonds is 8. The number of aromatic nitrogens is 2. The first-order valence-electron chi connectivity index (χ1n) is 17.3. The van der Waals surface area contributed by atoms with Crippen LogP contribution in [0.1, 0.15) is 85.4 Å². The van der Waals surface area contributed by atoms with E-state index in [9.17, 15) is 23.1 Å². The van der Waals surface area contributed by atoms with E-state index in [1.54, 1.807) is 29.5 Å². The number of nitrogens with zero attached hydrogens (tertiary/aromatic N) is 2. The maximum absolute atomic E-state index is 13.9. The second kappa shape index (κ2) is 16.4. The van der Waals surface area contributed by atoms with Crippen molar-refractivity contribution in [2.24, 2.45) is 11.8 Å². The van der Waals surface area contributed by atoms with Gasteiger partial charge in [0, 0.05) is 53.8 Å². The van der Waals surface area contributed by atoms with Crippen molar-refractivity contribution in [3.05, 3.63) is 95.2 Å². The zero-order valence-electron chi connectivity index (χ0n) is 30.0. The van der Waals surface area contributed by atoms with Gasteiger partial charge in [-0.15, -0.1) is 40.5 Å². The Bertz CT molecular complexity index is 2190. The van der Waals surface area contributed by atoms with Crippen LogP contribution >= 0.6 is 11.3 Å². The Labute approximate surface area is 315 Å². The van der Waals surface area contributed by atoms with E-state index in [1.807, 2.05) is 52.0 Å². The third kappa shape index (κ3) is 8.70. The molecule has 0 aliphatic heterocycles. The maximum Gasteiger partial charge on any atom is 0.435 e. The van der Waals surface area contributed by atoms with Gasteiger partial charge in [-0.25, -0.2) is 0 Å². The van der Waals surface area contributed by atoms with Gasteiger partial charge in [0.15, 0.2) is 11.5 Å². The average Bonchev–Trinajstić information content (AvgIpc) is 3.53. The molecular formula is C42H44F3IrN2O2S-. The van der Waals surface area contributed by atoms with Crippen LogP contribution in [0.4, 0.5) is 13.2 Å². The topological polar surface area (TPSA) is 63.1 Å². The van der Waals surface area contributed by atoms with Gasteiger partial charge in [-0.1, -0.05) is 102 Å². The molecule has 0 fully saturated rings. The first-order chi connectivity index (χ1) is 23.7. The molecule has 0 aliphatic carbocycles. The third-order valence-electron chi connectivity index (χ3n) is 9.50. The second-order valence-electron chi connectivity index (χ2n) is 13.8. The van der Waals surface area contributed by atoms with Crippen molar-refractivity contribution in [3.8, 4) is 11.3 Å². The number of allylic oxidation sites excluding steroid dienone is 2. The molecule has 6 rings (SSSR count). The van der Waals surface area contributed by atoms with Gasteiger partial charge in [0.25, 0.3) is 0 Å². The van der Waals surface area contributed by atoms with E-state index in [2.05, 4.69) is 60.6 Å². The smallest absolute Gasteiger partial charge is 0.435 e. The van der Waals surface area contributed by atoms with Crippen LogP contribution in [-0.2, 0) is 36.5 Å². The fourth-order valence-electron chi connectivity index (χ4n) is 6.51. The molecule has 0 aliphatic rings. The zero-order valence-corrected chi connectivity index (χ0v) is 33.2. The summed E-state index contributed by atoms with van der Waals surface area (Å²) in [4.78, 5) is 11.7. The molecule has 1 N–H and O–H groups in total. The van der Waals surface area contributed by atoms with Crippen molar-refractivity contribution < 1.29 is 43.2 Å². The van der Waals surface area contributed by atoms with E-state index < -0.39 is 11.9 Å². The number of hydrogen-bond acceptors (Lipinski definition) is 5. The van der Waals surface area contributed by atoms with E-state index in [0.29, 0.717) is 16.6 Å². The Morgan fingerprint density at radius 1 is 0.824 bits per heavy atom. The molecule has 2 heterocycles. The molecule has 0 atom stereocenters. The van der Waals surface area contributed by atoms with Crippen LogP contribution in [0.2, 0.25) is 0 Å². The zero-order chi connectivity index (χ0) is 36.4. The van der Waals surface area contributed by atoms with Crippen LogP contribution in [0.15, 0.2) is 77.9 Å². The number of benzene rings is 4. The Morgan fingerprint density at radius 2 is 1.43 bits per heavy atom. The minimum atomic E-state index is -4.61. The minimum Gasteiger partial charge on any atom is -0.512 e. The van der Waals surface area contributed by atoms with Crippen LogP contribution in [0.3, 0.4) is 0 Å². The van der Waals surface area contributed by atoms with Crippen molar-refractivity contribution in [1.82, 2.24) is 10.2 Å². The number of aliphatic hydroxyl groups excluding tert-OH is 1. The summed E-state index contributed by atoms with van der Waals surface area (Å²) in [5.74, 6) is 0.547. The second-order valence-corrected chi connectivity index (χ2v) is 14.8. The summed E-state index contributed by atoms with van der Waals surface area (Å²) in [6.45, 7) is 14.5. The summed E-state index contributed by atoms with van der Waals surface area (Å²) in [5.41, 5.74) is 0.954. The Kier molecular flexibility index (Phi) is 12.9. The Morgan fingerprint density at radius 3 is 2.00 bits per heavy atom. The average molecular weight is 890 g/mol. The number of alkyl halides is 3. The molecule has 51 heavy (non-hydrogen) atoms. The summed E-state index contributed by atoms with van der Waals surface area (Å²) in [7, 11) is 0. The Balaban J connectivity index is 0.000000312. The van der Waals surface area contributed by atoms with E-state index >= 15 is 0 Å². The van der Waals surface area contributed by atoms with Crippen LogP contribution in [0.5, 0.6) is 0 Å². The van der Waals surface area contributed by atoms with Crippen LogP contribution < -0.4 is 0 Å². The molecular weight excluding hydrogens is 846 g/mol. The first-order valence-corrected chi connectivity index (χ1v) is 18.2. The molecule has 0 unspecified atom stereocenters. The maximum atomic E-state index is 13.9. The van der Waals surface area contributed by atoms with Gasteiger partial charge in [-0.3, -0.25) is 4.79 Å². The number of hydrogen-bond donors (Lipinski definition) is 1. The normalized spacial score (nSPS) is 12.5. The van der Waals surface area contributed by atoms with Crippen LogP contribution in [0.25, 0.3) is 53.7 Å². The predicted molar refractivity (Wildman–Crippen MR) is 202 cm³/mol. The molecule has 0 spiro atoms. The molecule has 4 nitrogen and oxygen atoms in total. The predicted octanol–water partition coefficient (Wildman–Crippen LogP) is 12.8. The van der Waals surface area contributed by atoms with Crippen molar-refractivity contribution in [2.45, 2.75) is 85.7 Å². The molecule has 0 bridgehead atoms. The number of carbonyl (C=O) groups excluding carboxylic acids is 1. The van der Waals surface area contributed by atoms with Gasteiger partial charge in [-0.2, -0.15) is 23.4 Å². The van der Waals surface area contributed by atoms with Crippen LogP contribution in [-0.4, -0.2) is 21.1 Å². The van der Waals surface area contributed by atoms with Gasteiger partial charge < -0.3 is 5.11 Å². The standard InChI is InChI=1S/C29H20F3N2S.C13H24O2.Ir/c1-28(2,3)24-14-20(11-19-10-18-8-9-35-25(18)15-21(19)24)26-22-12-16-6-4-5-7-17(16)13-23(22)27(34-33-26)29(30,31)32;1-5-10(6-2)12(14)9-13(15)11(7-3)8-4;/h4-10,12-15H,1-3H3;9-11,14H,5-8H2,1-4H3;/q-1;;/b;12-9-;. The Hall–Kier alpha value is -3.65. The summed E-state index contributed by atoms with van der Waals surface area (Å²) >= 11 is 1.69. The molecule has 0 saturated heterocycles. The van der Waals surface area contributed by atoms with Crippen molar-refractivity contribution >= 4 is 59.5 Å². The number of ketones is 1. The summed E-state index contributed by atoms with van der Waals surface area (Å²) in [6, 6.07) is 22.5. The summed E-state index contributed by atoms with van der Waals surface area (Å²) < 4.78 is 42.9. The van der Waals surface area contributed by atoms with Gasteiger partial charge in [0.05, 0.1) is 5.76 Å². The largest absolute Gasteiger partial charge is 0.512 e. The van der Waals surface area contributed by atoms with Gasteiger partial charge in [0.2, 0.25) is 0 Å². The molecule has 4 aromatic carbocycles. The van der Waals surface area contributed by atoms with Gasteiger partial charge in [-0.05, 0) is 64.1 Å².